The van der Waals surface area contributed by atoms with Crippen molar-refractivity contribution in [1.82, 2.24) is 0 Å². The van der Waals surface area contributed by atoms with Gasteiger partial charge in [-0.05, 0) is 61.1 Å². The molecule has 30 heavy (non-hydrogen) atoms. The Hall–Kier alpha value is -1.76. The Morgan fingerprint density at radius 1 is 1.10 bits per heavy atom. The van der Waals surface area contributed by atoms with Gasteiger partial charge in [-0.15, -0.1) is 0 Å². The highest BCUT2D eigenvalue weighted by atomic mass is 19.1. The Morgan fingerprint density at radius 3 is 2.50 bits per heavy atom. The highest BCUT2D eigenvalue weighted by Crippen LogP contribution is 2.39. The first-order valence-corrected chi connectivity index (χ1v) is 11.0. The molecule has 0 aromatic heterocycles. The summed E-state index contributed by atoms with van der Waals surface area (Å²) in [6.07, 6.45) is 7.53. The van der Waals surface area contributed by atoms with Gasteiger partial charge in [0.2, 0.25) is 0 Å². The summed E-state index contributed by atoms with van der Waals surface area (Å²) in [5, 5.41) is 39.6. The number of aliphatic carboxylic acids is 1. The van der Waals surface area contributed by atoms with Crippen LogP contribution in [-0.4, -0.2) is 44.7 Å². The van der Waals surface area contributed by atoms with Crippen LogP contribution in [0.5, 0.6) is 0 Å². The molecule has 5 atom stereocenters. The number of hydrogen-bond acceptors (Lipinski definition) is 4. The Balaban J connectivity index is 1.78. The van der Waals surface area contributed by atoms with Crippen molar-refractivity contribution in [2.24, 2.45) is 11.8 Å². The van der Waals surface area contributed by atoms with E-state index in [0.29, 0.717) is 31.2 Å². The van der Waals surface area contributed by atoms with E-state index in [-0.39, 0.29) is 18.3 Å². The molecule has 5 nitrogen and oxygen atoms in total. The first-order valence-electron chi connectivity index (χ1n) is 11.0. The van der Waals surface area contributed by atoms with Crippen LogP contribution in [0.4, 0.5) is 4.39 Å². The third-order valence-corrected chi connectivity index (χ3v) is 6.11. The third kappa shape index (κ3) is 8.17. The molecule has 1 unspecified atom stereocenters. The molecule has 1 aromatic rings. The van der Waals surface area contributed by atoms with Crippen LogP contribution in [0, 0.1) is 11.8 Å². The van der Waals surface area contributed by atoms with Crippen molar-refractivity contribution >= 4 is 12.0 Å². The van der Waals surface area contributed by atoms with Gasteiger partial charge in [0.1, 0.15) is 6.67 Å². The van der Waals surface area contributed by atoms with Crippen LogP contribution in [0.2, 0.25) is 0 Å². The van der Waals surface area contributed by atoms with E-state index in [0.717, 1.165) is 31.2 Å². The average Bonchev–Trinajstić information content (AvgIpc) is 2.99. The molecule has 0 bridgehead atoms. The summed E-state index contributed by atoms with van der Waals surface area (Å²) in [4.78, 5) is 10.5. The monoisotopic (exact) mass is 422 g/mol. The fourth-order valence-corrected chi connectivity index (χ4v) is 4.45. The Kier molecular flexibility index (Phi) is 10.5. The fourth-order valence-electron chi connectivity index (χ4n) is 4.45. The van der Waals surface area contributed by atoms with Gasteiger partial charge in [-0.25, -0.2) is 4.39 Å². The number of aliphatic hydroxyl groups excluding tert-OH is 3. The molecular weight excluding hydrogens is 387 g/mol. The molecule has 1 aliphatic carbocycles. The maximum atomic E-state index is 12.7. The molecule has 4 N–H and O–H groups in total. The topological polar surface area (TPSA) is 98.0 Å². The van der Waals surface area contributed by atoms with Crippen molar-refractivity contribution in [3.8, 4) is 0 Å². The number of carboxylic acid groups (broad SMARTS) is 1. The second-order valence-corrected chi connectivity index (χ2v) is 8.43. The van der Waals surface area contributed by atoms with Gasteiger partial charge >= 0.3 is 5.97 Å². The van der Waals surface area contributed by atoms with E-state index in [2.05, 4.69) is 0 Å². The van der Waals surface area contributed by atoms with E-state index in [1.54, 1.807) is 30.4 Å². The summed E-state index contributed by atoms with van der Waals surface area (Å²) in [5.41, 5.74) is 1.43. The Morgan fingerprint density at radius 2 is 1.80 bits per heavy atom. The quantitative estimate of drug-likeness (QED) is 0.359. The zero-order valence-corrected chi connectivity index (χ0v) is 17.5. The number of carboxylic acids is 1. The summed E-state index contributed by atoms with van der Waals surface area (Å²) in [7, 11) is 0. The smallest absolute Gasteiger partial charge is 0.303 e. The molecule has 0 radical (unpaired) electrons. The van der Waals surface area contributed by atoms with Crippen LogP contribution in [0.25, 0.3) is 6.08 Å². The molecule has 2 rings (SSSR count). The number of halogens is 1. The predicted octanol–water partition coefficient (Wildman–Crippen LogP) is 4.09. The fraction of sp³-hybridized carbons (Fsp3) is 0.625. The van der Waals surface area contributed by atoms with Gasteiger partial charge in [0.15, 0.2) is 0 Å². The van der Waals surface area contributed by atoms with E-state index in [4.69, 9.17) is 5.11 Å². The first kappa shape index (κ1) is 24.5. The molecular formula is C24H35FO5. The summed E-state index contributed by atoms with van der Waals surface area (Å²) >= 11 is 0. The Bertz CT molecular complexity index is 677. The first-order chi connectivity index (χ1) is 14.4. The van der Waals surface area contributed by atoms with Crippen LogP contribution in [-0.2, 0) is 11.5 Å². The highest BCUT2D eigenvalue weighted by Gasteiger charge is 2.40. The van der Waals surface area contributed by atoms with Gasteiger partial charge in [0.05, 0.1) is 18.3 Å². The van der Waals surface area contributed by atoms with Crippen molar-refractivity contribution in [3.05, 3.63) is 41.5 Å². The summed E-state index contributed by atoms with van der Waals surface area (Å²) in [5.74, 6) is -0.805. The maximum absolute atomic E-state index is 12.7. The second-order valence-electron chi connectivity index (χ2n) is 8.43. The molecule has 0 spiro atoms. The molecule has 0 heterocycles. The van der Waals surface area contributed by atoms with Gasteiger partial charge in [-0.2, -0.15) is 0 Å². The van der Waals surface area contributed by atoms with Gasteiger partial charge in [-0.1, -0.05) is 49.6 Å². The van der Waals surface area contributed by atoms with Crippen LogP contribution < -0.4 is 0 Å². The number of benzene rings is 1. The molecule has 1 fully saturated rings. The van der Waals surface area contributed by atoms with Gasteiger partial charge < -0.3 is 20.4 Å². The van der Waals surface area contributed by atoms with Crippen molar-refractivity contribution in [3.63, 3.8) is 0 Å². The van der Waals surface area contributed by atoms with E-state index in [9.17, 15) is 24.5 Å². The lowest BCUT2D eigenvalue weighted by Gasteiger charge is -2.24. The number of alkyl halides is 1. The second kappa shape index (κ2) is 12.8. The standard InChI is InChI=1S/C24H35FO5/c25-16-18-7-5-6-17(14-18)10-11-19(26)12-13-21-20(22(27)15-23(21)28)8-3-1-2-4-9-24(29)30/h5-7,10-11,14,19-23,26-28H,1-4,8-9,12-13,15-16H2,(H,29,30)/t19?,20-,21-,22+,23-/m1/s1. The van der Waals surface area contributed by atoms with Crippen LogP contribution in [0.15, 0.2) is 30.3 Å². The van der Waals surface area contributed by atoms with Crippen molar-refractivity contribution < 1.29 is 29.6 Å². The van der Waals surface area contributed by atoms with Crippen LogP contribution in [0.3, 0.4) is 0 Å². The molecule has 1 saturated carbocycles. The van der Waals surface area contributed by atoms with E-state index in [1.807, 2.05) is 6.07 Å². The van der Waals surface area contributed by atoms with E-state index in [1.165, 1.54) is 0 Å². The number of carbonyl (C=O) groups is 1. The van der Waals surface area contributed by atoms with E-state index >= 15 is 0 Å². The zero-order chi connectivity index (χ0) is 21.9. The minimum absolute atomic E-state index is 0.0110. The lowest BCUT2D eigenvalue weighted by Crippen LogP contribution is -2.23. The molecule has 1 aliphatic rings. The normalized spacial score (nSPS) is 25.1. The van der Waals surface area contributed by atoms with Crippen LogP contribution in [0.1, 0.15) is 68.9 Å². The summed E-state index contributed by atoms with van der Waals surface area (Å²) < 4.78 is 12.7. The van der Waals surface area contributed by atoms with Crippen molar-refractivity contribution in [2.45, 2.75) is 82.8 Å². The number of aliphatic hydroxyl groups is 3. The zero-order valence-electron chi connectivity index (χ0n) is 17.5. The number of unbranched alkanes of at least 4 members (excludes halogenated alkanes) is 3. The highest BCUT2D eigenvalue weighted by molar-refractivity contribution is 5.66. The molecule has 6 heteroatoms. The molecule has 0 saturated heterocycles. The third-order valence-electron chi connectivity index (χ3n) is 6.11. The minimum Gasteiger partial charge on any atom is -0.481 e. The Labute approximate surface area is 178 Å². The number of hydrogen-bond donors (Lipinski definition) is 4. The molecule has 0 aliphatic heterocycles. The molecule has 168 valence electrons. The summed E-state index contributed by atoms with van der Waals surface area (Å²) in [6.45, 7) is -0.521. The van der Waals surface area contributed by atoms with E-state index < -0.39 is 31.0 Å². The van der Waals surface area contributed by atoms with Crippen LogP contribution >= 0.6 is 0 Å². The predicted molar refractivity (Wildman–Crippen MR) is 114 cm³/mol. The maximum Gasteiger partial charge on any atom is 0.303 e. The minimum atomic E-state index is -0.771. The SMILES string of the molecule is O=C(O)CCCCCC[C@@H]1[C@@H](CCC(O)C=Cc2cccc(CF)c2)[C@H](O)C[C@@H]1O. The van der Waals surface area contributed by atoms with Gasteiger partial charge in [0, 0.05) is 6.42 Å². The van der Waals surface area contributed by atoms with Gasteiger partial charge in [0.25, 0.3) is 0 Å². The van der Waals surface area contributed by atoms with Gasteiger partial charge in [-0.3, -0.25) is 4.79 Å². The number of rotatable bonds is 13. The lowest BCUT2D eigenvalue weighted by atomic mass is 9.85. The molecule has 1 aromatic carbocycles. The van der Waals surface area contributed by atoms with Crippen molar-refractivity contribution in [1.29, 1.82) is 0 Å². The largest absolute Gasteiger partial charge is 0.481 e. The van der Waals surface area contributed by atoms with Crippen molar-refractivity contribution in [2.75, 3.05) is 0 Å². The lowest BCUT2D eigenvalue weighted by molar-refractivity contribution is -0.137. The average molecular weight is 423 g/mol. The molecule has 0 amide bonds. The summed E-state index contributed by atoms with van der Waals surface area (Å²) in [6, 6.07) is 7.09.